The first kappa shape index (κ1) is 11.8. The fraction of sp³-hybridized carbons (Fsp3) is 0.889. The van der Waals surface area contributed by atoms with Gasteiger partial charge < -0.3 is 5.32 Å². The monoisotopic (exact) mass is 191 g/mol. The van der Waals surface area contributed by atoms with Crippen LogP contribution in [0, 0.1) is 0 Å². The van der Waals surface area contributed by atoms with Gasteiger partial charge in [-0.3, -0.25) is 4.79 Å². The van der Waals surface area contributed by atoms with Crippen molar-refractivity contribution >= 4 is 17.5 Å². The first-order valence-corrected chi connectivity index (χ1v) is 5.09. The van der Waals surface area contributed by atoms with E-state index in [1.165, 1.54) is 0 Å². The smallest absolute Gasteiger partial charge is 0.220 e. The molecule has 0 aliphatic carbocycles. The molecule has 0 aliphatic rings. The zero-order valence-corrected chi connectivity index (χ0v) is 8.66. The minimum Gasteiger partial charge on any atom is -0.354 e. The molecule has 1 amide bonds. The Labute approximate surface area is 79.7 Å². The van der Waals surface area contributed by atoms with Crippen LogP contribution < -0.4 is 5.32 Å². The molecule has 0 aromatic carbocycles. The molecule has 0 aromatic rings. The van der Waals surface area contributed by atoms with E-state index in [0.717, 1.165) is 19.3 Å². The molecule has 12 heavy (non-hydrogen) atoms. The van der Waals surface area contributed by atoms with Gasteiger partial charge in [-0.05, 0) is 26.2 Å². The zero-order chi connectivity index (χ0) is 9.40. The molecule has 0 saturated heterocycles. The summed E-state index contributed by atoms with van der Waals surface area (Å²) in [5.74, 6) is 0.797. The lowest BCUT2D eigenvalue weighted by Gasteiger charge is -2.10. The Bertz CT molecular complexity index is 128. The molecule has 0 aliphatic heterocycles. The van der Waals surface area contributed by atoms with Crippen molar-refractivity contribution in [3.63, 3.8) is 0 Å². The molecule has 0 bridgehead atoms. The quantitative estimate of drug-likeness (QED) is 0.507. The van der Waals surface area contributed by atoms with Crippen molar-refractivity contribution in [1.29, 1.82) is 0 Å². The number of hydrogen-bond acceptors (Lipinski definition) is 1. The Kier molecular flexibility index (Phi) is 7.26. The van der Waals surface area contributed by atoms with E-state index in [1.807, 2.05) is 6.92 Å². The van der Waals surface area contributed by atoms with Gasteiger partial charge in [0.1, 0.15) is 0 Å². The number of halogens is 1. The van der Waals surface area contributed by atoms with Crippen molar-refractivity contribution in [2.45, 2.75) is 45.6 Å². The SMILES string of the molecule is CCC(C)NC(=O)CCCCCl. The van der Waals surface area contributed by atoms with Crippen LogP contribution >= 0.6 is 11.6 Å². The highest BCUT2D eigenvalue weighted by Crippen LogP contribution is 1.98. The van der Waals surface area contributed by atoms with Crippen molar-refractivity contribution < 1.29 is 4.79 Å². The second-order valence-electron chi connectivity index (χ2n) is 3.02. The Morgan fingerprint density at radius 1 is 1.50 bits per heavy atom. The van der Waals surface area contributed by atoms with Crippen molar-refractivity contribution in [3.8, 4) is 0 Å². The van der Waals surface area contributed by atoms with Crippen LogP contribution in [0.5, 0.6) is 0 Å². The molecular weight excluding hydrogens is 174 g/mol. The number of unbranched alkanes of at least 4 members (excludes halogenated alkanes) is 1. The second kappa shape index (κ2) is 7.41. The third-order valence-corrected chi connectivity index (χ3v) is 2.07. The number of amides is 1. The number of rotatable bonds is 6. The van der Waals surface area contributed by atoms with Crippen molar-refractivity contribution in [2.75, 3.05) is 5.88 Å². The van der Waals surface area contributed by atoms with Gasteiger partial charge in [0.2, 0.25) is 5.91 Å². The maximum absolute atomic E-state index is 11.1. The van der Waals surface area contributed by atoms with Crippen LogP contribution in [-0.4, -0.2) is 17.8 Å². The second-order valence-corrected chi connectivity index (χ2v) is 3.40. The Morgan fingerprint density at radius 3 is 2.67 bits per heavy atom. The molecule has 1 N–H and O–H groups in total. The first-order valence-electron chi connectivity index (χ1n) is 4.56. The minimum atomic E-state index is 0.148. The topological polar surface area (TPSA) is 29.1 Å². The molecule has 1 unspecified atom stereocenters. The van der Waals surface area contributed by atoms with Gasteiger partial charge >= 0.3 is 0 Å². The summed E-state index contributed by atoms with van der Waals surface area (Å²) in [5.41, 5.74) is 0. The first-order chi connectivity index (χ1) is 5.70. The Balaban J connectivity index is 3.33. The summed E-state index contributed by atoms with van der Waals surface area (Å²) in [6, 6.07) is 0.300. The van der Waals surface area contributed by atoms with Gasteiger partial charge in [-0.25, -0.2) is 0 Å². The molecule has 0 fully saturated rings. The van der Waals surface area contributed by atoms with Crippen molar-refractivity contribution in [2.24, 2.45) is 0 Å². The summed E-state index contributed by atoms with van der Waals surface area (Å²) in [6.45, 7) is 4.07. The summed E-state index contributed by atoms with van der Waals surface area (Å²) < 4.78 is 0. The predicted molar refractivity (Wildman–Crippen MR) is 52.5 cm³/mol. The van der Waals surface area contributed by atoms with Crippen LogP contribution in [0.4, 0.5) is 0 Å². The summed E-state index contributed by atoms with van der Waals surface area (Å²) in [7, 11) is 0. The predicted octanol–water partition coefficient (Wildman–Crippen LogP) is 2.31. The van der Waals surface area contributed by atoms with Gasteiger partial charge in [-0.2, -0.15) is 0 Å². The van der Waals surface area contributed by atoms with Crippen molar-refractivity contribution in [3.05, 3.63) is 0 Å². The van der Waals surface area contributed by atoms with Gasteiger partial charge in [0.15, 0.2) is 0 Å². The van der Waals surface area contributed by atoms with E-state index in [9.17, 15) is 4.79 Å². The highest BCUT2D eigenvalue weighted by atomic mass is 35.5. The van der Waals surface area contributed by atoms with E-state index in [1.54, 1.807) is 0 Å². The fourth-order valence-electron chi connectivity index (χ4n) is 0.829. The summed E-state index contributed by atoms with van der Waals surface area (Å²) >= 11 is 5.49. The highest BCUT2D eigenvalue weighted by Gasteiger charge is 2.03. The fourth-order valence-corrected chi connectivity index (χ4v) is 1.02. The molecule has 0 radical (unpaired) electrons. The lowest BCUT2D eigenvalue weighted by Crippen LogP contribution is -2.31. The molecule has 0 saturated carbocycles. The van der Waals surface area contributed by atoms with E-state index in [-0.39, 0.29) is 5.91 Å². The molecular formula is C9H18ClNO. The number of carbonyl (C=O) groups excluding carboxylic acids is 1. The summed E-state index contributed by atoms with van der Waals surface area (Å²) in [4.78, 5) is 11.1. The standard InChI is InChI=1S/C9H18ClNO/c1-3-8(2)11-9(12)6-4-5-7-10/h8H,3-7H2,1-2H3,(H,11,12). The molecule has 0 aromatic heterocycles. The van der Waals surface area contributed by atoms with Crippen LogP contribution in [0.2, 0.25) is 0 Å². The molecule has 0 spiro atoms. The average Bonchev–Trinajstić information content (AvgIpc) is 2.05. The summed E-state index contributed by atoms with van der Waals surface area (Å²) in [6.07, 6.45) is 3.42. The van der Waals surface area contributed by atoms with Crippen LogP contribution in [0.1, 0.15) is 39.5 Å². The average molecular weight is 192 g/mol. The largest absolute Gasteiger partial charge is 0.354 e. The third-order valence-electron chi connectivity index (χ3n) is 1.81. The lowest BCUT2D eigenvalue weighted by molar-refractivity contribution is -0.121. The molecule has 0 heterocycles. The van der Waals surface area contributed by atoms with Crippen LogP contribution in [0.15, 0.2) is 0 Å². The molecule has 1 atom stereocenters. The van der Waals surface area contributed by atoms with E-state index >= 15 is 0 Å². The zero-order valence-electron chi connectivity index (χ0n) is 7.90. The lowest BCUT2D eigenvalue weighted by atomic mass is 10.2. The third kappa shape index (κ3) is 6.47. The maximum atomic E-state index is 11.1. The van der Waals surface area contributed by atoms with Gasteiger partial charge in [-0.1, -0.05) is 6.92 Å². The molecule has 0 rings (SSSR count). The van der Waals surface area contributed by atoms with E-state index < -0.39 is 0 Å². The normalized spacial score (nSPS) is 12.6. The number of hydrogen-bond donors (Lipinski definition) is 1. The van der Waals surface area contributed by atoms with Crippen LogP contribution in [0.25, 0.3) is 0 Å². The van der Waals surface area contributed by atoms with Gasteiger partial charge in [-0.15, -0.1) is 11.6 Å². The number of alkyl halides is 1. The molecule has 3 heteroatoms. The maximum Gasteiger partial charge on any atom is 0.220 e. The van der Waals surface area contributed by atoms with Gasteiger partial charge in [0.05, 0.1) is 0 Å². The summed E-state index contributed by atoms with van der Waals surface area (Å²) in [5, 5.41) is 2.91. The van der Waals surface area contributed by atoms with Crippen molar-refractivity contribution in [1.82, 2.24) is 5.32 Å². The van der Waals surface area contributed by atoms with Crippen LogP contribution in [0.3, 0.4) is 0 Å². The minimum absolute atomic E-state index is 0.148. The molecule has 72 valence electrons. The number of nitrogens with one attached hydrogen (secondary N) is 1. The number of carbonyl (C=O) groups is 1. The van der Waals surface area contributed by atoms with Gasteiger partial charge in [0, 0.05) is 18.3 Å². The van der Waals surface area contributed by atoms with E-state index in [0.29, 0.717) is 18.3 Å². The van der Waals surface area contributed by atoms with Gasteiger partial charge in [0.25, 0.3) is 0 Å². The van der Waals surface area contributed by atoms with Crippen LogP contribution in [-0.2, 0) is 4.79 Å². The van der Waals surface area contributed by atoms with E-state index in [2.05, 4.69) is 12.2 Å². The molecule has 2 nitrogen and oxygen atoms in total. The Hall–Kier alpha value is -0.240. The highest BCUT2D eigenvalue weighted by molar-refractivity contribution is 6.17. The van der Waals surface area contributed by atoms with E-state index in [4.69, 9.17) is 11.6 Å². The Morgan fingerprint density at radius 2 is 2.17 bits per heavy atom.